The average Bonchev–Trinajstić information content (AvgIpc) is 2.56. The van der Waals surface area contributed by atoms with Crippen LogP contribution in [-0.4, -0.2) is 17.3 Å². The molecular formula is C14H17ClN2. The number of benzene rings is 1. The van der Waals surface area contributed by atoms with E-state index in [1.54, 1.807) is 0 Å². The van der Waals surface area contributed by atoms with Crippen LogP contribution < -0.4 is 0 Å². The number of amidine groups is 1. The Morgan fingerprint density at radius 3 is 3.06 bits per heavy atom. The third-order valence-corrected chi connectivity index (χ3v) is 4.02. The van der Waals surface area contributed by atoms with Gasteiger partial charge in [0.1, 0.15) is 5.84 Å². The van der Waals surface area contributed by atoms with Gasteiger partial charge in [-0.15, -0.1) is 0 Å². The zero-order valence-electron chi connectivity index (χ0n) is 10.1. The lowest BCUT2D eigenvalue weighted by Gasteiger charge is -2.35. The number of halogens is 1. The predicted octanol–water partition coefficient (Wildman–Crippen LogP) is 4.32. The van der Waals surface area contributed by atoms with Gasteiger partial charge >= 0.3 is 0 Å². The molecule has 1 unspecified atom stereocenters. The molecule has 2 nitrogen and oxygen atoms in total. The van der Waals surface area contributed by atoms with Crippen LogP contribution in [0.4, 0.5) is 5.69 Å². The molecule has 1 saturated heterocycles. The van der Waals surface area contributed by atoms with Crippen LogP contribution in [-0.2, 0) is 0 Å². The Morgan fingerprint density at radius 1 is 1.29 bits per heavy atom. The van der Waals surface area contributed by atoms with E-state index in [-0.39, 0.29) is 0 Å². The summed E-state index contributed by atoms with van der Waals surface area (Å²) in [5, 5.41) is 0.809. The van der Waals surface area contributed by atoms with Gasteiger partial charge in [0.15, 0.2) is 0 Å². The van der Waals surface area contributed by atoms with E-state index < -0.39 is 0 Å². The third-order valence-electron chi connectivity index (χ3n) is 3.79. The van der Waals surface area contributed by atoms with Gasteiger partial charge in [-0.2, -0.15) is 0 Å². The van der Waals surface area contributed by atoms with Crippen LogP contribution in [0.2, 0.25) is 5.02 Å². The largest absolute Gasteiger partial charge is 0.353 e. The van der Waals surface area contributed by atoms with Gasteiger partial charge in [0.05, 0.1) is 11.7 Å². The van der Waals surface area contributed by atoms with E-state index in [0.717, 1.165) is 23.7 Å². The summed E-state index contributed by atoms with van der Waals surface area (Å²) >= 11 is 6.08. The Kier molecular flexibility index (Phi) is 2.83. The molecule has 0 aliphatic carbocycles. The summed E-state index contributed by atoms with van der Waals surface area (Å²) < 4.78 is 0. The smallest absolute Gasteiger partial charge is 0.105 e. The van der Waals surface area contributed by atoms with Crippen molar-refractivity contribution in [2.45, 2.75) is 38.6 Å². The van der Waals surface area contributed by atoms with Crippen molar-refractivity contribution in [1.82, 2.24) is 4.90 Å². The molecule has 0 spiro atoms. The van der Waals surface area contributed by atoms with E-state index in [0.29, 0.717) is 6.04 Å². The van der Waals surface area contributed by atoms with Crippen LogP contribution in [0.3, 0.4) is 0 Å². The molecule has 1 atom stereocenters. The van der Waals surface area contributed by atoms with E-state index in [1.165, 1.54) is 30.7 Å². The number of hydrogen-bond donors (Lipinski definition) is 0. The molecule has 1 fully saturated rings. The lowest BCUT2D eigenvalue weighted by atomic mass is 10.0. The Morgan fingerprint density at radius 2 is 2.18 bits per heavy atom. The number of nitrogens with zero attached hydrogens (tertiary/aromatic N) is 2. The first-order chi connectivity index (χ1) is 8.25. The molecular weight excluding hydrogens is 232 g/mol. The molecule has 1 aromatic rings. The summed E-state index contributed by atoms with van der Waals surface area (Å²) in [6.07, 6.45) is 4.98. The molecule has 2 aliphatic heterocycles. The van der Waals surface area contributed by atoms with Crippen LogP contribution in [0, 0.1) is 0 Å². The standard InChI is InChI=1S/C14H17ClN2/c1-10-12-9-11(15)6-7-13(12)16-14-5-3-2-4-8-17(10)14/h6-7,9-10H,2-5,8H2,1H3. The molecule has 2 aliphatic rings. The average molecular weight is 249 g/mol. The number of fused-ring (bicyclic) bond motifs is 2. The summed E-state index contributed by atoms with van der Waals surface area (Å²) in [4.78, 5) is 7.25. The van der Waals surface area contributed by atoms with Crippen molar-refractivity contribution in [3.8, 4) is 0 Å². The van der Waals surface area contributed by atoms with Crippen molar-refractivity contribution in [2.24, 2.45) is 4.99 Å². The van der Waals surface area contributed by atoms with Crippen molar-refractivity contribution in [2.75, 3.05) is 6.54 Å². The van der Waals surface area contributed by atoms with Gasteiger partial charge in [-0.25, -0.2) is 4.99 Å². The van der Waals surface area contributed by atoms with E-state index in [4.69, 9.17) is 16.6 Å². The highest BCUT2D eigenvalue weighted by atomic mass is 35.5. The fourth-order valence-corrected chi connectivity index (χ4v) is 3.00. The molecule has 1 aromatic carbocycles. The maximum Gasteiger partial charge on any atom is 0.105 e. The zero-order valence-corrected chi connectivity index (χ0v) is 10.9. The quantitative estimate of drug-likeness (QED) is 0.668. The van der Waals surface area contributed by atoms with Crippen LogP contribution in [0.15, 0.2) is 23.2 Å². The fraction of sp³-hybridized carbons (Fsp3) is 0.500. The second-order valence-corrected chi connectivity index (χ2v) is 5.35. The molecule has 3 heteroatoms. The molecule has 2 heterocycles. The van der Waals surface area contributed by atoms with Crippen molar-refractivity contribution < 1.29 is 0 Å². The predicted molar refractivity (Wildman–Crippen MR) is 72.1 cm³/mol. The first-order valence-corrected chi connectivity index (χ1v) is 6.77. The lowest BCUT2D eigenvalue weighted by molar-refractivity contribution is 0.329. The van der Waals surface area contributed by atoms with Gasteiger partial charge in [0.2, 0.25) is 0 Å². The fourth-order valence-electron chi connectivity index (χ4n) is 2.82. The maximum absolute atomic E-state index is 6.08. The Hall–Kier alpha value is -1.02. The van der Waals surface area contributed by atoms with E-state index in [2.05, 4.69) is 17.9 Å². The number of hydrogen-bond acceptors (Lipinski definition) is 2. The molecule has 90 valence electrons. The van der Waals surface area contributed by atoms with Crippen LogP contribution in [0.25, 0.3) is 0 Å². The number of rotatable bonds is 0. The monoisotopic (exact) mass is 248 g/mol. The van der Waals surface area contributed by atoms with Crippen molar-refractivity contribution >= 4 is 23.1 Å². The summed E-state index contributed by atoms with van der Waals surface area (Å²) in [5.41, 5.74) is 2.37. The van der Waals surface area contributed by atoms with Gasteiger partial charge in [0.25, 0.3) is 0 Å². The summed E-state index contributed by atoms with van der Waals surface area (Å²) in [7, 11) is 0. The highest BCUT2D eigenvalue weighted by Crippen LogP contribution is 2.38. The minimum absolute atomic E-state index is 0.411. The minimum atomic E-state index is 0.411. The van der Waals surface area contributed by atoms with Gasteiger partial charge in [-0.3, -0.25) is 0 Å². The topological polar surface area (TPSA) is 15.6 Å². The van der Waals surface area contributed by atoms with Crippen molar-refractivity contribution in [1.29, 1.82) is 0 Å². The summed E-state index contributed by atoms with van der Waals surface area (Å²) in [6.45, 7) is 3.39. The Bertz CT molecular complexity index is 467. The molecule has 0 N–H and O–H groups in total. The second-order valence-electron chi connectivity index (χ2n) is 4.91. The Balaban J connectivity index is 2.06. The van der Waals surface area contributed by atoms with Crippen LogP contribution in [0.5, 0.6) is 0 Å². The zero-order chi connectivity index (χ0) is 11.8. The second kappa shape index (κ2) is 4.34. The first kappa shape index (κ1) is 11.1. The summed E-state index contributed by atoms with van der Waals surface area (Å²) in [6, 6.07) is 6.45. The molecule has 17 heavy (non-hydrogen) atoms. The van der Waals surface area contributed by atoms with Crippen LogP contribution >= 0.6 is 11.6 Å². The maximum atomic E-state index is 6.08. The van der Waals surface area contributed by atoms with Gasteiger partial charge in [-0.05, 0) is 38.0 Å². The van der Waals surface area contributed by atoms with Crippen molar-refractivity contribution in [3.63, 3.8) is 0 Å². The normalized spacial score (nSPS) is 23.5. The highest BCUT2D eigenvalue weighted by Gasteiger charge is 2.27. The third kappa shape index (κ3) is 1.95. The molecule has 3 rings (SSSR count). The van der Waals surface area contributed by atoms with Gasteiger partial charge < -0.3 is 4.90 Å². The van der Waals surface area contributed by atoms with Gasteiger partial charge in [0, 0.05) is 23.6 Å². The van der Waals surface area contributed by atoms with Crippen molar-refractivity contribution in [3.05, 3.63) is 28.8 Å². The van der Waals surface area contributed by atoms with E-state index in [1.807, 2.05) is 12.1 Å². The minimum Gasteiger partial charge on any atom is -0.353 e. The molecule has 0 bridgehead atoms. The molecule has 0 radical (unpaired) electrons. The lowest BCUT2D eigenvalue weighted by Crippen LogP contribution is -2.35. The summed E-state index contributed by atoms with van der Waals surface area (Å²) in [5.74, 6) is 1.27. The molecule has 0 amide bonds. The van der Waals surface area contributed by atoms with E-state index >= 15 is 0 Å². The number of aliphatic imine (C=N–C) groups is 1. The highest BCUT2D eigenvalue weighted by molar-refractivity contribution is 6.30. The molecule has 0 saturated carbocycles. The van der Waals surface area contributed by atoms with E-state index in [9.17, 15) is 0 Å². The Labute approximate surface area is 107 Å². The molecule has 0 aromatic heterocycles. The SMILES string of the molecule is CC1c2cc(Cl)ccc2N=C2CCCCCN21. The van der Waals surface area contributed by atoms with Gasteiger partial charge in [-0.1, -0.05) is 18.0 Å². The van der Waals surface area contributed by atoms with Crippen LogP contribution in [0.1, 0.15) is 44.2 Å². The first-order valence-electron chi connectivity index (χ1n) is 6.39.